The Morgan fingerprint density at radius 1 is 1.22 bits per heavy atom. The number of halogens is 1. The summed E-state index contributed by atoms with van der Waals surface area (Å²) in [7, 11) is 0. The number of fused-ring (bicyclic) bond motifs is 1. The number of rotatable bonds is 8. The molecular formula is C26H27FN6O3. The molecule has 1 aliphatic heterocycles. The van der Waals surface area contributed by atoms with Crippen molar-refractivity contribution in [1.29, 1.82) is 0 Å². The van der Waals surface area contributed by atoms with Gasteiger partial charge in [-0.25, -0.2) is 9.37 Å². The van der Waals surface area contributed by atoms with Crippen molar-refractivity contribution >= 4 is 46.3 Å². The van der Waals surface area contributed by atoms with Crippen molar-refractivity contribution in [3.63, 3.8) is 0 Å². The third-order valence-electron chi connectivity index (χ3n) is 6.49. The lowest BCUT2D eigenvalue weighted by molar-refractivity contribution is -0.119. The van der Waals surface area contributed by atoms with Crippen molar-refractivity contribution in [2.24, 2.45) is 5.92 Å². The summed E-state index contributed by atoms with van der Waals surface area (Å²) >= 11 is 0. The van der Waals surface area contributed by atoms with Gasteiger partial charge in [0.05, 0.1) is 29.6 Å². The van der Waals surface area contributed by atoms with E-state index in [1.165, 1.54) is 0 Å². The van der Waals surface area contributed by atoms with E-state index in [0.717, 1.165) is 30.3 Å². The molecule has 2 aromatic carbocycles. The standard InChI is InChI=1S/C26H27FN6O3/c1-26(2)17-13-16(9-10-19(17)31-24(26)36)33(11-12-34)25-28-14-18(27)22(32-25)29-20-5-3-4-6-21(20)30-23(35)15-7-8-15/h3-6,9-10,13-15,34H,7-8,11-12H2,1-2H3,(H,30,35)(H,31,36)(H,28,29,32). The predicted molar refractivity (Wildman–Crippen MR) is 135 cm³/mol. The maximum atomic E-state index is 14.8. The highest BCUT2D eigenvalue weighted by Gasteiger charge is 2.38. The summed E-state index contributed by atoms with van der Waals surface area (Å²) in [6, 6.07) is 12.5. The first kappa shape index (κ1) is 23.7. The number of hydrogen-bond donors (Lipinski definition) is 4. The van der Waals surface area contributed by atoms with Crippen LogP contribution < -0.4 is 20.9 Å². The van der Waals surface area contributed by atoms with Crippen molar-refractivity contribution in [3.05, 3.63) is 60.0 Å². The molecule has 1 saturated carbocycles. The van der Waals surface area contributed by atoms with Crippen LogP contribution in [0.2, 0.25) is 0 Å². The Morgan fingerprint density at radius 3 is 2.69 bits per heavy atom. The normalized spacial score (nSPS) is 15.7. The Balaban J connectivity index is 1.46. The number of anilines is 6. The summed E-state index contributed by atoms with van der Waals surface area (Å²) in [6.45, 7) is 3.63. The van der Waals surface area contributed by atoms with Gasteiger partial charge in [0.15, 0.2) is 11.6 Å². The fourth-order valence-electron chi connectivity index (χ4n) is 4.16. The van der Waals surface area contributed by atoms with Crippen LogP contribution >= 0.6 is 0 Å². The minimum absolute atomic E-state index is 0.0234. The first-order chi connectivity index (χ1) is 17.3. The van der Waals surface area contributed by atoms with Gasteiger partial charge in [0.1, 0.15) is 0 Å². The largest absolute Gasteiger partial charge is 0.395 e. The molecule has 9 nitrogen and oxygen atoms in total. The van der Waals surface area contributed by atoms with E-state index in [1.54, 1.807) is 41.3 Å². The summed E-state index contributed by atoms with van der Waals surface area (Å²) in [4.78, 5) is 34.8. The van der Waals surface area contributed by atoms with Gasteiger partial charge in [-0.15, -0.1) is 0 Å². The van der Waals surface area contributed by atoms with Gasteiger partial charge in [0.2, 0.25) is 17.8 Å². The number of nitrogens with zero attached hydrogens (tertiary/aromatic N) is 3. The highest BCUT2D eigenvalue weighted by Crippen LogP contribution is 2.40. The van der Waals surface area contributed by atoms with Crippen molar-refractivity contribution in [1.82, 2.24) is 9.97 Å². The first-order valence-electron chi connectivity index (χ1n) is 11.8. The summed E-state index contributed by atoms with van der Waals surface area (Å²) in [5, 5.41) is 18.5. The number of carbonyl (C=O) groups is 2. The molecule has 0 spiro atoms. The molecule has 2 amide bonds. The molecule has 186 valence electrons. The topological polar surface area (TPSA) is 119 Å². The molecule has 36 heavy (non-hydrogen) atoms. The van der Waals surface area contributed by atoms with E-state index in [4.69, 9.17) is 0 Å². The molecular weight excluding hydrogens is 463 g/mol. The lowest BCUT2D eigenvalue weighted by Crippen LogP contribution is -2.27. The second kappa shape index (κ2) is 9.19. The van der Waals surface area contributed by atoms with Crippen LogP contribution in [0.25, 0.3) is 0 Å². The number of hydrogen-bond acceptors (Lipinski definition) is 7. The van der Waals surface area contributed by atoms with Crippen molar-refractivity contribution in [3.8, 4) is 0 Å². The Labute approximate surface area is 207 Å². The van der Waals surface area contributed by atoms with Crippen LogP contribution in [0.1, 0.15) is 32.3 Å². The monoisotopic (exact) mass is 490 g/mol. The maximum Gasteiger partial charge on any atom is 0.234 e. The van der Waals surface area contributed by atoms with Crippen molar-refractivity contribution < 1.29 is 19.1 Å². The molecule has 2 heterocycles. The lowest BCUT2D eigenvalue weighted by atomic mass is 9.86. The van der Waals surface area contributed by atoms with E-state index in [9.17, 15) is 19.1 Å². The molecule has 1 fully saturated rings. The molecule has 10 heteroatoms. The fourth-order valence-corrected chi connectivity index (χ4v) is 4.16. The summed E-state index contributed by atoms with van der Waals surface area (Å²) in [5.74, 6) is -0.710. The number of benzene rings is 2. The van der Waals surface area contributed by atoms with Crippen LogP contribution in [0.15, 0.2) is 48.7 Å². The zero-order valence-electron chi connectivity index (χ0n) is 20.0. The SMILES string of the molecule is CC1(C)C(=O)Nc2ccc(N(CCO)c3ncc(F)c(Nc4ccccc4NC(=O)C4CC4)n3)cc21. The quantitative estimate of drug-likeness (QED) is 0.376. The molecule has 0 radical (unpaired) electrons. The lowest BCUT2D eigenvalue weighted by Gasteiger charge is -2.24. The van der Waals surface area contributed by atoms with E-state index < -0.39 is 11.2 Å². The molecule has 0 atom stereocenters. The molecule has 3 aromatic rings. The third-order valence-corrected chi connectivity index (χ3v) is 6.49. The van der Waals surface area contributed by atoms with Gasteiger partial charge >= 0.3 is 0 Å². The van der Waals surface area contributed by atoms with E-state index in [1.807, 2.05) is 19.9 Å². The summed E-state index contributed by atoms with van der Waals surface area (Å²) in [6.07, 6.45) is 2.80. The Morgan fingerprint density at radius 2 is 1.97 bits per heavy atom. The fraction of sp³-hybridized carbons (Fsp3) is 0.308. The first-order valence-corrected chi connectivity index (χ1v) is 11.8. The number of amides is 2. The van der Waals surface area contributed by atoms with Crippen molar-refractivity contribution in [2.45, 2.75) is 32.1 Å². The summed E-state index contributed by atoms with van der Waals surface area (Å²) in [5.41, 5.74) is 2.49. The molecule has 0 saturated heterocycles. The van der Waals surface area contributed by atoms with Crippen LogP contribution in [0.4, 0.5) is 38.9 Å². The Bertz CT molecular complexity index is 1340. The van der Waals surface area contributed by atoms with Crippen molar-refractivity contribution in [2.75, 3.05) is 34.0 Å². The van der Waals surface area contributed by atoms with Crippen LogP contribution in [0.3, 0.4) is 0 Å². The average Bonchev–Trinajstić information content (AvgIpc) is 3.68. The highest BCUT2D eigenvalue weighted by atomic mass is 19.1. The van der Waals surface area contributed by atoms with Crippen LogP contribution in [0.5, 0.6) is 0 Å². The van der Waals surface area contributed by atoms with Crippen LogP contribution in [-0.2, 0) is 15.0 Å². The zero-order chi connectivity index (χ0) is 25.4. The second-order valence-electron chi connectivity index (χ2n) is 9.48. The van der Waals surface area contributed by atoms with Gasteiger partial charge in [0, 0.05) is 23.8 Å². The minimum Gasteiger partial charge on any atom is -0.395 e. The van der Waals surface area contributed by atoms with Gasteiger partial charge in [-0.2, -0.15) is 4.98 Å². The maximum absolute atomic E-state index is 14.8. The number of aliphatic hydroxyl groups excluding tert-OH is 1. The van der Waals surface area contributed by atoms with Gasteiger partial charge in [-0.05, 0) is 62.6 Å². The molecule has 4 N–H and O–H groups in total. The third kappa shape index (κ3) is 4.47. The van der Waals surface area contributed by atoms with E-state index >= 15 is 0 Å². The minimum atomic E-state index is -0.721. The molecule has 5 rings (SSSR count). The number of para-hydroxylation sites is 2. The zero-order valence-corrected chi connectivity index (χ0v) is 20.0. The highest BCUT2D eigenvalue weighted by molar-refractivity contribution is 6.06. The van der Waals surface area contributed by atoms with Gasteiger partial charge in [-0.1, -0.05) is 12.1 Å². The average molecular weight is 491 g/mol. The van der Waals surface area contributed by atoms with Gasteiger partial charge < -0.3 is 26.0 Å². The molecule has 0 unspecified atom stereocenters. The van der Waals surface area contributed by atoms with Gasteiger partial charge in [0.25, 0.3) is 0 Å². The molecule has 0 bridgehead atoms. The van der Waals surface area contributed by atoms with E-state index in [2.05, 4.69) is 25.9 Å². The molecule has 1 aliphatic carbocycles. The van der Waals surface area contributed by atoms with Gasteiger partial charge in [-0.3, -0.25) is 9.59 Å². The number of aliphatic hydroxyl groups is 1. The number of aromatic nitrogens is 2. The van der Waals surface area contributed by atoms with Crippen LogP contribution in [0, 0.1) is 11.7 Å². The van der Waals surface area contributed by atoms with E-state index in [0.29, 0.717) is 17.1 Å². The molecule has 1 aromatic heterocycles. The Kier molecular flexibility index (Phi) is 6.05. The van der Waals surface area contributed by atoms with Crippen LogP contribution in [-0.4, -0.2) is 40.0 Å². The van der Waals surface area contributed by atoms with E-state index in [-0.39, 0.29) is 42.7 Å². The Hall–Kier alpha value is -4.05. The number of carbonyl (C=O) groups excluding carboxylic acids is 2. The number of nitrogens with one attached hydrogen (secondary N) is 3. The molecule has 2 aliphatic rings. The second-order valence-corrected chi connectivity index (χ2v) is 9.48. The smallest absolute Gasteiger partial charge is 0.234 e. The summed E-state index contributed by atoms with van der Waals surface area (Å²) < 4.78 is 14.8. The predicted octanol–water partition coefficient (Wildman–Crippen LogP) is 4.07.